The maximum Gasteiger partial charge on any atom is 0.128 e. The molecule has 0 saturated heterocycles. The summed E-state index contributed by atoms with van der Waals surface area (Å²) in [4.78, 5) is 6.80. The van der Waals surface area contributed by atoms with E-state index in [1.165, 1.54) is 0 Å². The van der Waals surface area contributed by atoms with Crippen LogP contribution < -0.4 is 4.90 Å². The van der Waals surface area contributed by atoms with Crippen LogP contribution in [0.4, 0.5) is 11.4 Å². The highest BCUT2D eigenvalue weighted by atomic mass is 16.3. The van der Waals surface area contributed by atoms with E-state index in [1.807, 2.05) is 67.6 Å². The molecule has 3 nitrogen and oxygen atoms in total. The van der Waals surface area contributed by atoms with Crippen molar-refractivity contribution in [3.8, 4) is 5.75 Å². The third kappa shape index (κ3) is 5.17. The lowest BCUT2D eigenvalue weighted by molar-refractivity contribution is 0.452. The molecule has 0 aliphatic rings. The molecule has 0 unspecified atom stereocenters. The summed E-state index contributed by atoms with van der Waals surface area (Å²) in [7, 11) is 0. The van der Waals surface area contributed by atoms with Gasteiger partial charge >= 0.3 is 0 Å². The molecule has 0 saturated carbocycles. The highest BCUT2D eigenvalue weighted by Crippen LogP contribution is 2.39. The lowest BCUT2D eigenvalue weighted by Gasteiger charge is -2.28. The molecule has 0 aliphatic heterocycles. The van der Waals surface area contributed by atoms with E-state index < -0.39 is 0 Å². The number of aryl methyl sites for hydroxylation is 1. The van der Waals surface area contributed by atoms with Gasteiger partial charge < -0.3 is 10.0 Å². The Kier molecular flexibility index (Phi) is 7.32. The summed E-state index contributed by atoms with van der Waals surface area (Å²) in [6.07, 6.45) is 5.50. The van der Waals surface area contributed by atoms with Crippen molar-refractivity contribution in [3.63, 3.8) is 0 Å². The van der Waals surface area contributed by atoms with Gasteiger partial charge in [0.25, 0.3) is 0 Å². The fourth-order valence-electron chi connectivity index (χ4n) is 3.88. The summed E-state index contributed by atoms with van der Waals surface area (Å²) < 4.78 is 0. The van der Waals surface area contributed by atoms with E-state index in [1.54, 1.807) is 6.21 Å². The molecule has 32 heavy (non-hydrogen) atoms. The molecule has 0 atom stereocenters. The zero-order valence-corrected chi connectivity index (χ0v) is 19.3. The van der Waals surface area contributed by atoms with E-state index in [-0.39, 0.29) is 11.2 Å². The third-order valence-corrected chi connectivity index (χ3v) is 5.72. The van der Waals surface area contributed by atoms with Crippen LogP contribution in [0.1, 0.15) is 36.1 Å². The number of rotatable bonds is 9. The Morgan fingerprint density at radius 2 is 1.56 bits per heavy atom. The smallest absolute Gasteiger partial charge is 0.128 e. The summed E-state index contributed by atoms with van der Waals surface area (Å²) in [5, 5.41) is 11.1. The molecule has 0 aromatic heterocycles. The number of hydrogen-bond donors (Lipinski definition) is 1. The number of phenolic OH excluding ortho intramolecular Hbond substituents is 1. The fraction of sp³-hybridized carbons (Fsp3) is 0.207. The molecule has 1 N–H and O–H groups in total. The molecule has 0 amide bonds. The van der Waals surface area contributed by atoms with Crippen molar-refractivity contribution >= 4 is 17.6 Å². The zero-order valence-electron chi connectivity index (χ0n) is 19.3. The molecule has 0 spiro atoms. The molecule has 0 radical (unpaired) electrons. The molecule has 3 heteroatoms. The Balaban J connectivity index is 1.89. The number of hydrogen-bond acceptors (Lipinski definition) is 3. The van der Waals surface area contributed by atoms with Crippen molar-refractivity contribution in [2.24, 2.45) is 4.99 Å². The van der Waals surface area contributed by atoms with E-state index in [0.717, 1.165) is 41.2 Å². The lowest BCUT2D eigenvalue weighted by atomic mass is 9.76. The average molecular weight is 425 g/mol. The Labute approximate surface area is 192 Å². The molecule has 0 heterocycles. The van der Waals surface area contributed by atoms with Gasteiger partial charge in [0, 0.05) is 41.5 Å². The Morgan fingerprint density at radius 1 is 0.938 bits per heavy atom. The highest BCUT2D eigenvalue weighted by Gasteiger charge is 2.27. The minimum atomic E-state index is -0.332. The molecule has 0 aliphatic carbocycles. The standard InChI is InChI=1S/C29H32N2O/c1-6-17-31(18-7-2)26-15-13-25(14-16-26)30-21-23-19-22(3)20-27(28(23)32)29(4,5)24-11-9-8-10-12-24/h6-16,19-21,32H,1-2,17-18H2,3-5H3. The van der Waals surface area contributed by atoms with E-state index in [2.05, 4.69) is 55.1 Å². The van der Waals surface area contributed by atoms with Gasteiger partial charge in [-0.25, -0.2) is 0 Å². The third-order valence-electron chi connectivity index (χ3n) is 5.72. The zero-order chi connectivity index (χ0) is 23.1. The normalized spacial score (nSPS) is 11.5. The highest BCUT2D eigenvalue weighted by molar-refractivity contribution is 5.87. The van der Waals surface area contributed by atoms with Crippen LogP contribution in [0.5, 0.6) is 5.75 Å². The van der Waals surface area contributed by atoms with E-state index >= 15 is 0 Å². The van der Waals surface area contributed by atoms with Gasteiger partial charge in [-0.15, -0.1) is 13.2 Å². The van der Waals surface area contributed by atoms with Crippen molar-refractivity contribution in [3.05, 3.63) is 114 Å². The minimum absolute atomic E-state index is 0.271. The SMILES string of the molecule is C=CCN(CC=C)c1ccc(N=Cc2cc(C)cc(C(C)(C)c3ccccc3)c2O)cc1. The number of anilines is 1. The van der Waals surface area contributed by atoms with Gasteiger partial charge in [-0.2, -0.15) is 0 Å². The first-order valence-electron chi connectivity index (χ1n) is 10.9. The largest absolute Gasteiger partial charge is 0.507 e. The number of nitrogens with zero attached hydrogens (tertiary/aromatic N) is 2. The number of phenols is 1. The van der Waals surface area contributed by atoms with Gasteiger partial charge in [-0.3, -0.25) is 4.99 Å². The summed E-state index contributed by atoms with van der Waals surface area (Å²) >= 11 is 0. The van der Waals surface area contributed by atoms with Gasteiger partial charge in [0.2, 0.25) is 0 Å². The maximum absolute atomic E-state index is 11.1. The van der Waals surface area contributed by atoms with Crippen LogP contribution in [-0.4, -0.2) is 24.4 Å². The minimum Gasteiger partial charge on any atom is -0.507 e. The Morgan fingerprint density at radius 3 is 2.16 bits per heavy atom. The van der Waals surface area contributed by atoms with Crippen molar-refractivity contribution in [2.75, 3.05) is 18.0 Å². The number of aromatic hydroxyl groups is 1. The summed E-state index contributed by atoms with van der Waals surface area (Å²) in [6, 6.07) is 22.3. The monoisotopic (exact) mass is 424 g/mol. The predicted octanol–water partition coefficient (Wildman–Crippen LogP) is 6.96. The van der Waals surface area contributed by atoms with E-state index in [0.29, 0.717) is 5.56 Å². The Bertz CT molecular complexity index is 1090. The molecule has 3 aromatic rings. The molecule has 164 valence electrons. The van der Waals surface area contributed by atoms with Crippen LogP contribution in [0.2, 0.25) is 0 Å². The molecule has 0 fully saturated rings. The van der Waals surface area contributed by atoms with Gasteiger partial charge in [0.1, 0.15) is 5.75 Å². The van der Waals surface area contributed by atoms with Gasteiger partial charge in [-0.1, -0.05) is 62.4 Å². The lowest BCUT2D eigenvalue weighted by Crippen LogP contribution is -2.22. The first-order chi connectivity index (χ1) is 15.4. The van der Waals surface area contributed by atoms with Crippen LogP contribution in [0.25, 0.3) is 0 Å². The quantitative estimate of drug-likeness (QED) is 0.298. The van der Waals surface area contributed by atoms with Gasteiger partial charge in [0.05, 0.1) is 5.69 Å². The average Bonchev–Trinajstić information content (AvgIpc) is 2.80. The van der Waals surface area contributed by atoms with Crippen molar-refractivity contribution < 1.29 is 5.11 Å². The van der Waals surface area contributed by atoms with E-state index in [9.17, 15) is 5.11 Å². The predicted molar refractivity (Wildman–Crippen MR) is 138 cm³/mol. The fourth-order valence-corrected chi connectivity index (χ4v) is 3.88. The van der Waals surface area contributed by atoms with Crippen molar-refractivity contribution in [2.45, 2.75) is 26.2 Å². The maximum atomic E-state index is 11.1. The van der Waals surface area contributed by atoms with Crippen LogP contribution in [0, 0.1) is 6.92 Å². The second-order valence-corrected chi connectivity index (χ2v) is 8.50. The van der Waals surface area contributed by atoms with Gasteiger partial charge in [-0.05, 0) is 48.4 Å². The van der Waals surface area contributed by atoms with Gasteiger partial charge in [0.15, 0.2) is 0 Å². The second-order valence-electron chi connectivity index (χ2n) is 8.50. The van der Waals surface area contributed by atoms with E-state index in [4.69, 9.17) is 0 Å². The summed E-state index contributed by atoms with van der Waals surface area (Å²) in [5.74, 6) is 0.271. The topological polar surface area (TPSA) is 35.8 Å². The van der Waals surface area contributed by atoms with Crippen molar-refractivity contribution in [1.29, 1.82) is 0 Å². The first kappa shape index (κ1) is 23.1. The second kappa shape index (κ2) is 10.1. The molecular weight excluding hydrogens is 392 g/mol. The molecule has 0 bridgehead atoms. The number of benzene rings is 3. The van der Waals surface area contributed by atoms with Crippen LogP contribution in [0.3, 0.4) is 0 Å². The molecular formula is C29H32N2O. The van der Waals surface area contributed by atoms with Crippen LogP contribution in [0.15, 0.2) is 97.0 Å². The Hall–Kier alpha value is -3.59. The summed E-state index contributed by atoms with van der Waals surface area (Å²) in [5.41, 5.74) is 5.44. The molecule has 3 rings (SSSR count). The van der Waals surface area contributed by atoms with Crippen LogP contribution >= 0.6 is 0 Å². The van der Waals surface area contributed by atoms with Crippen molar-refractivity contribution in [1.82, 2.24) is 0 Å². The van der Waals surface area contributed by atoms with Crippen LogP contribution in [-0.2, 0) is 5.41 Å². The molecule has 3 aromatic carbocycles. The summed E-state index contributed by atoms with van der Waals surface area (Å²) in [6.45, 7) is 15.5. The first-order valence-corrected chi connectivity index (χ1v) is 10.9. The number of aliphatic imine (C=N–C) groups is 1.